The molecule has 0 amide bonds. The molecule has 2 N–H and O–H groups in total. The van der Waals surface area contributed by atoms with Crippen LogP contribution in [-0.4, -0.2) is 17.6 Å². The first kappa shape index (κ1) is 13.2. The Kier molecular flexibility index (Phi) is 5.79. The molecule has 0 saturated carbocycles. The van der Waals surface area contributed by atoms with Gasteiger partial charge in [0.05, 0.1) is 6.61 Å². The first-order valence-corrected chi connectivity index (χ1v) is 5.72. The number of allylic oxidation sites excluding steroid dienone is 1. The molecule has 1 rings (SSSR count). The largest absolute Gasteiger partial charge is 0.461 e. The lowest BCUT2D eigenvalue weighted by Gasteiger charge is -2.04. The Morgan fingerprint density at radius 3 is 3.00 bits per heavy atom. The Morgan fingerprint density at radius 2 is 2.35 bits per heavy atom. The maximum Gasteiger partial charge on any atom is 0.353 e. The maximum atomic E-state index is 11.2. The lowest BCUT2D eigenvalue weighted by molar-refractivity contribution is -0.139. The van der Waals surface area contributed by atoms with Gasteiger partial charge in [0.25, 0.3) is 0 Å². The lowest BCUT2D eigenvalue weighted by Crippen LogP contribution is -2.15. The van der Waals surface area contributed by atoms with Crippen molar-refractivity contribution in [1.82, 2.24) is 4.98 Å². The molecular weight excluding hydrogens is 216 g/mol. The molecule has 0 radical (unpaired) electrons. The molecule has 4 nitrogen and oxygen atoms in total. The Balaban J connectivity index is 2.11. The first-order chi connectivity index (χ1) is 8.24. The number of esters is 1. The number of rotatable bonds is 6. The fourth-order valence-electron chi connectivity index (χ4n) is 1.34. The van der Waals surface area contributed by atoms with E-state index in [0.717, 1.165) is 19.3 Å². The number of unbranched alkanes of at least 4 members (excludes halogenated alkanes) is 1. The number of hydrogen-bond acceptors (Lipinski definition) is 4. The third kappa shape index (κ3) is 5.15. The number of nitrogens with two attached hydrogens (primary N) is 1. The number of pyridine rings is 1. The second kappa shape index (κ2) is 7.44. The van der Waals surface area contributed by atoms with Gasteiger partial charge < -0.3 is 10.5 Å². The number of carbonyl (C=O) groups excluding carboxylic acids is 1. The molecule has 0 aliphatic carbocycles. The van der Waals surface area contributed by atoms with Crippen LogP contribution in [0.4, 0.5) is 0 Å². The molecule has 1 aromatic heterocycles. The molecule has 0 aliphatic rings. The van der Waals surface area contributed by atoms with Gasteiger partial charge in [-0.2, -0.15) is 0 Å². The van der Waals surface area contributed by atoms with Crippen LogP contribution in [0.1, 0.15) is 25.3 Å². The van der Waals surface area contributed by atoms with Crippen molar-refractivity contribution in [3.05, 3.63) is 41.9 Å². The molecule has 1 aromatic rings. The number of ether oxygens (including phenoxy) is 1. The standard InChI is InChI=1S/C13H18N2O2/c1-2-12(14)13(16)17-9-4-3-6-11-7-5-8-15-10-11/h2,5,7-8,10H,3-4,6,9,14H2,1H3/b12-2-. The van der Waals surface area contributed by atoms with E-state index in [-0.39, 0.29) is 5.70 Å². The van der Waals surface area contributed by atoms with Gasteiger partial charge in [0.1, 0.15) is 5.70 Å². The van der Waals surface area contributed by atoms with Crippen LogP contribution in [0.3, 0.4) is 0 Å². The summed E-state index contributed by atoms with van der Waals surface area (Å²) >= 11 is 0. The lowest BCUT2D eigenvalue weighted by atomic mass is 10.1. The monoisotopic (exact) mass is 234 g/mol. The zero-order valence-electron chi connectivity index (χ0n) is 10.1. The second-order valence-electron chi connectivity index (χ2n) is 3.70. The topological polar surface area (TPSA) is 65.2 Å². The molecule has 0 saturated heterocycles. The zero-order chi connectivity index (χ0) is 12.5. The van der Waals surface area contributed by atoms with Gasteiger partial charge in [0.2, 0.25) is 0 Å². The van der Waals surface area contributed by atoms with E-state index >= 15 is 0 Å². The summed E-state index contributed by atoms with van der Waals surface area (Å²) in [7, 11) is 0. The quantitative estimate of drug-likeness (QED) is 0.463. The molecule has 1 heterocycles. The first-order valence-electron chi connectivity index (χ1n) is 5.72. The van der Waals surface area contributed by atoms with Crippen molar-refractivity contribution in [2.75, 3.05) is 6.61 Å². The molecule has 0 bridgehead atoms. The molecule has 0 spiro atoms. The van der Waals surface area contributed by atoms with Crippen molar-refractivity contribution < 1.29 is 9.53 Å². The van der Waals surface area contributed by atoms with Crippen LogP contribution in [0.15, 0.2) is 36.3 Å². The van der Waals surface area contributed by atoms with Gasteiger partial charge in [-0.15, -0.1) is 0 Å². The van der Waals surface area contributed by atoms with Gasteiger partial charge >= 0.3 is 5.97 Å². The molecule has 0 aromatic carbocycles. The number of nitrogens with zero attached hydrogens (tertiary/aromatic N) is 1. The minimum Gasteiger partial charge on any atom is -0.461 e. The van der Waals surface area contributed by atoms with Crippen molar-refractivity contribution >= 4 is 5.97 Å². The SMILES string of the molecule is C/C=C(\N)C(=O)OCCCCc1cccnc1. The molecule has 0 atom stereocenters. The van der Waals surface area contributed by atoms with E-state index in [0.29, 0.717) is 6.61 Å². The minimum atomic E-state index is -0.436. The number of aromatic nitrogens is 1. The maximum absolute atomic E-state index is 11.2. The number of hydrogen-bond donors (Lipinski definition) is 1. The second-order valence-corrected chi connectivity index (χ2v) is 3.70. The van der Waals surface area contributed by atoms with Crippen LogP contribution in [0, 0.1) is 0 Å². The molecule has 4 heteroatoms. The number of aryl methyl sites for hydroxylation is 1. The normalized spacial score (nSPS) is 11.2. The average Bonchev–Trinajstić information content (AvgIpc) is 2.38. The molecule has 0 unspecified atom stereocenters. The van der Waals surface area contributed by atoms with Gasteiger partial charge in [0, 0.05) is 12.4 Å². The summed E-state index contributed by atoms with van der Waals surface area (Å²) in [6.07, 6.45) is 7.89. The van der Waals surface area contributed by atoms with E-state index in [9.17, 15) is 4.79 Å². The van der Waals surface area contributed by atoms with Crippen molar-refractivity contribution in [2.45, 2.75) is 26.2 Å². The van der Waals surface area contributed by atoms with Gasteiger partial charge in [-0.3, -0.25) is 4.98 Å². The summed E-state index contributed by atoms with van der Waals surface area (Å²) in [6.45, 7) is 2.12. The zero-order valence-corrected chi connectivity index (χ0v) is 10.1. The predicted octanol–water partition coefficient (Wildman–Crippen LogP) is 1.81. The van der Waals surface area contributed by atoms with Crippen LogP contribution in [-0.2, 0) is 16.0 Å². The van der Waals surface area contributed by atoms with E-state index in [4.69, 9.17) is 10.5 Å². The third-order valence-corrected chi connectivity index (χ3v) is 2.36. The van der Waals surface area contributed by atoms with Gasteiger partial charge in [-0.05, 0) is 37.8 Å². The van der Waals surface area contributed by atoms with Crippen LogP contribution >= 0.6 is 0 Å². The summed E-state index contributed by atoms with van der Waals surface area (Å²) < 4.78 is 4.98. The highest BCUT2D eigenvalue weighted by Gasteiger charge is 2.04. The van der Waals surface area contributed by atoms with Crippen LogP contribution < -0.4 is 5.73 Å². The fourth-order valence-corrected chi connectivity index (χ4v) is 1.34. The van der Waals surface area contributed by atoms with Crippen LogP contribution in [0.2, 0.25) is 0 Å². The van der Waals surface area contributed by atoms with E-state index in [1.54, 1.807) is 13.1 Å². The highest BCUT2D eigenvalue weighted by molar-refractivity contribution is 5.87. The van der Waals surface area contributed by atoms with E-state index in [1.807, 2.05) is 18.3 Å². The molecule has 0 aliphatic heterocycles. The Hall–Kier alpha value is -1.84. The molecule has 17 heavy (non-hydrogen) atoms. The van der Waals surface area contributed by atoms with Gasteiger partial charge in [-0.1, -0.05) is 12.1 Å². The Labute approximate surface area is 101 Å². The fraction of sp³-hybridized carbons (Fsp3) is 0.385. The van der Waals surface area contributed by atoms with E-state index in [1.165, 1.54) is 11.6 Å². The van der Waals surface area contributed by atoms with Crippen molar-refractivity contribution in [1.29, 1.82) is 0 Å². The summed E-state index contributed by atoms with van der Waals surface area (Å²) in [5.41, 5.74) is 6.77. The van der Waals surface area contributed by atoms with Crippen LogP contribution in [0.5, 0.6) is 0 Å². The smallest absolute Gasteiger partial charge is 0.353 e. The molecular formula is C13H18N2O2. The summed E-state index contributed by atoms with van der Waals surface area (Å²) in [4.78, 5) is 15.2. The average molecular weight is 234 g/mol. The summed E-state index contributed by atoms with van der Waals surface area (Å²) in [5.74, 6) is -0.436. The molecule has 92 valence electrons. The van der Waals surface area contributed by atoms with Gasteiger partial charge in [-0.25, -0.2) is 4.79 Å². The molecule has 0 fully saturated rings. The highest BCUT2D eigenvalue weighted by atomic mass is 16.5. The van der Waals surface area contributed by atoms with Crippen molar-refractivity contribution in [3.8, 4) is 0 Å². The Bertz CT molecular complexity index is 374. The van der Waals surface area contributed by atoms with E-state index in [2.05, 4.69) is 4.98 Å². The van der Waals surface area contributed by atoms with Crippen LogP contribution in [0.25, 0.3) is 0 Å². The highest BCUT2D eigenvalue weighted by Crippen LogP contribution is 2.03. The van der Waals surface area contributed by atoms with Gasteiger partial charge in [0.15, 0.2) is 0 Å². The third-order valence-electron chi connectivity index (χ3n) is 2.36. The van der Waals surface area contributed by atoms with E-state index < -0.39 is 5.97 Å². The summed E-state index contributed by atoms with van der Waals surface area (Å²) in [5, 5.41) is 0. The predicted molar refractivity (Wildman–Crippen MR) is 66.1 cm³/mol. The minimum absolute atomic E-state index is 0.164. The van der Waals surface area contributed by atoms with Crippen molar-refractivity contribution in [3.63, 3.8) is 0 Å². The summed E-state index contributed by atoms with van der Waals surface area (Å²) in [6, 6.07) is 3.96. The van der Waals surface area contributed by atoms with Crippen molar-refractivity contribution in [2.24, 2.45) is 5.73 Å². The number of carbonyl (C=O) groups is 1. The Morgan fingerprint density at radius 1 is 1.53 bits per heavy atom.